The van der Waals surface area contributed by atoms with E-state index in [0.717, 1.165) is 27.7 Å². The number of rotatable bonds is 4. The highest BCUT2D eigenvalue weighted by Gasteiger charge is 2.34. The van der Waals surface area contributed by atoms with Crippen LogP contribution in [-0.2, 0) is 9.59 Å². The molecule has 9 nitrogen and oxygen atoms in total. The lowest BCUT2D eigenvalue weighted by Crippen LogP contribution is -2.35. The molecule has 0 spiro atoms. The third-order valence-electron chi connectivity index (χ3n) is 4.33. The number of anilines is 1. The van der Waals surface area contributed by atoms with Crippen LogP contribution >= 0.6 is 15.9 Å². The minimum absolute atomic E-state index is 0.00698. The lowest BCUT2D eigenvalue weighted by atomic mass is 10.1. The van der Waals surface area contributed by atoms with E-state index in [1.54, 1.807) is 24.3 Å². The van der Waals surface area contributed by atoms with E-state index in [1.165, 1.54) is 18.2 Å². The molecular weight excluding hydrogens is 458 g/mol. The highest BCUT2D eigenvalue weighted by molar-refractivity contribution is 9.10. The van der Waals surface area contributed by atoms with Crippen molar-refractivity contribution in [3.8, 4) is 17.1 Å². The Morgan fingerprint density at radius 3 is 2.50 bits per heavy atom. The zero-order chi connectivity index (χ0) is 21.4. The van der Waals surface area contributed by atoms with E-state index in [9.17, 15) is 24.8 Å². The molecule has 1 aliphatic rings. The number of nitrogens with zero attached hydrogens (tertiary/aromatic N) is 2. The fourth-order valence-electron chi connectivity index (χ4n) is 2.87. The Hall–Kier alpha value is -3.92. The molecule has 0 unspecified atom stereocenters. The van der Waals surface area contributed by atoms with Gasteiger partial charge in [-0.3, -0.25) is 25.1 Å². The molecule has 2 aromatic carbocycles. The molecule has 150 valence electrons. The number of halogens is 1. The molecule has 4 rings (SSSR count). The Kier molecular flexibility index (Phi) is 4.84. The number of nitro groups is 1. The van der Waals surface area contributed by atoms with Crippen molar-refractivity contribution < 1.29 is 24.0 Å². The second-order valence-corrected chi connectivity index (χ2v) is 7.17. The normalized spacial score (nSPS) is 15.0. The average Bonchev–Trinajstić information content (AvgIpc) is 3.29. The Bertz CT molecular complexity index is 1220. The maximum absolute atomic E-state index is 12.7. The van der Waals surface area contributed by atoms with Gasteiger partial charge in [0.15, 0.2) is 0 Å². The predicted molar refractivity (Wildman–Crippen MR) is 108 cm³/mol. The van der Waals surface area contributed by atoms with Crippen molar-refractivity contribution in [1.29, 1.82) is 0 Å². The summed E-state index contributed by atoms with van der Waals surface area (Å²) in [6.07, 6.45) is 1.25. The SMILES string of the molecule is O=C1NN(c2ccc(Br)cc2)C(=O)/C1=C\c1ccc(-c2cc([N+](=O)[O-])ccc2[O-])o1. The Morgan fingerprint density at radius 2 is 1.80 bits per heavy atom. The molecule has 0 radical (unpaired) electrons. The fourth-order valence-corrected chi connectivity index (χ4v) is 3.14. The number of furan rings is 1. The second kappa shape index (κ2) is 7.48. The second-order valence-electron chi connectivity index (χ2n) is 6.26. The van der Waals surface area contributed by atoms with Crippen molar-refractivity contribution in [3.63, 3.8) is 0 Å². The van der Waals surface area contributed by atoms with Crippen LogP contribution in [0.1, 0.15) is 5.76 Å². The molecule has 1 saturated heterocycles. The van der Waals surface area contributed by atoms with Gasteiger partial charge in [0.25, 0.3) is 17.5 Å². The first kappa shape index (κ1) is 19.4. The zero-order valence-electron chi connectivity index (χ0n) is 15.0. The van der Waals surface area contributed by atoms with Crippen LogP contribution in [0.15, 0.2) is 69.1 Å². The molecule has 10 heteroatoms. The van der Waals surface area contributed by atoms with E-state index < -0.39 is 22.5 Å². The number of carbonyl (C=O) groups excluding carboxylic acids is 2. The Balaban J connectivity index is 1.64. The minimum Gasteiger partial charge on any atom is -0.872 e. The average molecular weight is 469 g/mol. The molecule has 30 heavy (non-hydrogen) atoms. The van der Waals surface area contributed by atoms with Gasteiger partial charge in [-0.2, -0.15) is 0 Å². The highest BCUT2D eigenvalue weighted by Crippen LogP contribution is 2.33. The van der Waals surface area contributed by atoms with Crippen LogP contribution in [0.5, 0.6) is 5.75 Å². The number of nitro benzene ring substituents is 1. The number of nitrogens with one attached hydrogen (secondary N) is 1. The number of benzene rings is 2. The van der Waals surface area contributed by atoms with Crippen LogP contribution in [0.4, 0.5) is 11.4 Å². The zero-order valence-corrected chi connectivity index (χ0v) is 16.6. The van der Waals surface area contributed by atoms with E-state index in [0.29, 0.717) is 5.69 Å². The first-order valence-electron chi connectivity index (χ1n) is 8.52. The van der Waals surface area contributed by atoms with Crippen molar-refractivity contribution in [1.82, 2.24) is 5.43 Å². The van der Waals surface area contributed by atoms with E-state index in [4.69, 9.17) is 4.42 Å². The minimum atomic E-state index is -0.618. The van der Waals surface area contributed by atoms with Gasteiger partial charge in [0.1, 0.15) is 17.1 Å². The molecule has 1 N–H and O–H groups in total. The summed E-state index contributed by atoms with van der Waals surface area (Å²) in [5.74, 6) is -1.40. The summed E-state index contributed by atoms with van der Waals surface area (Å²) in [5.41, 5.74) is 2.55. The lowest BCUT2D eigenvalue weighted by Gasteiger charge is -2.14. The molecule has 2 heterocycles. The van der Waals surface area contributed by atoms with Gasteiger partial charge in [-0.1, -0.05) is 27.7 Å². The molecule has 0 bridgehead atoms. The number of carbonyl (C=O) groups is 2. The van der Waals surface area contributed by atoms with Gasteiger partial charge >= 0.3 is 0 Å². The standard InChI is InChI=1S/C20H12BrN3O6/c21-11-1-3-12(4-2-11)23-20(27)16(19(26)22-23)10-14-6-8-18(30-14)15-9-13(24(28)29)5-7-17(15)25/h1-10,25H,(H,22,26)/p-1/b16-10-. The van der Waals surface area contributed by atoms with Crippen LogP contribution in [0, 0.1) is 10.1 Å². The van der Waals surface area contributed by atoms with Crippen molar-refractivity contribution in [2.45, 2.75) is 0 Å². The number of hydrogen-bond donors (Lipinski definition) is 1. The number of amides is 2. The maximum atomic E-state index is 12.7. The van der Waals surface area contributed by atoms with E-state index in [-0.39, 0.29) is 28.3 Å². The van der Waals surface area contributed by atoms with Crippen molar-refractivity contribution >= 4 is 45.2 Å². The quantitative estimate of drug-likeness (QED) is 0.271. The molecule has 3 aromatic rings. The maximum Gasteiger partial charge on any atom is 0.282 e. The third-order valence-corrected chi connectivity index (χ3v) is 4.86. The summed E-state index contributed by atoms with van der Waals surface area (Å²) in [7, 11) is 0. The molecule has 2 amide bonds. The van der Waals surface area contributed by atoms with Crippen molar-refractivity contribution in [2.75, 3.05) is 5.01 Å². The Morgan fingerprint density at radius 1 is 1.07 bits per heavy atom. The molecule has 1 fully saturated rings. The Labute approximate surface area is 177 Å². The summed E-state index contributed by atoms with van der Waals surface area (Å²) in [6, 6.07) is 13.0. The number of non-ortho nitro benzene ring substituents is 1. The van der Waals surface area contributed by atoms with Gasteiger partial charge in [0, 0.05) is 22.2 Å². The number of hydrogen-bond acceptors (Lipinski definition) is 6. The van der Waals surface area contributed by atoms with Crippen molar-refractivity contribution in [3.05, 3.63) is 80.5 Å². The molecular formula is C20H11BrN3O6-. The van der Waals surface area contributed by atoms with Gasteiger partial charge in [-0.15, -0.1) is 0 Å². The highest BCUT2D eigenvalue weighted by atomic mass is 79.9. The first-order chi connectivity index (χ1) is 14.3. The molecule has 0 saturated carbocycles. The smallest absolute Gasteiger partial charge is 0.282 e. The largest absolute Gasteiger partial charge is 0.872 e. The molecule has 0 aliphatic carbocycles. The fraction of sp³-hybridized carbons (Fsp3) is 0. The van der Waals surface area contributed by atoms with Crippen LogP contribution < -0.4 is 15.5 Å². The van der Waals surface area contributed by atoms with Crippen LogP contribution in [0.25, 0.3) is 17.4 Å². The monoisotopic (exact) mass is 468 g/mol. The van der Waals surface area contributed by atoms with E-state index in [1.807, 2.05) is 0 Å². The van der Waals surface area contributed by atoms with Crippen LogP contribution in [-0.4, -0.2) is 16.7 Å². The lowest BCUT2D eigenvalue weighted by molar-refractivity contribution is -0.385. The predicted octanol–water partition coefficient (Wildman–Crippen LogP) is 3.15. The first-order valence-corrected chi connectivity index (χ1v) is 9.31. The van der Waals surface area contributed by atoms with E-state index in [2.05, 4.69) is 21.4 Å². The topological polar surface area (TPSA) is 129 Å². The van der Waals surface area contributed by atoms with Gasteiger partial charge < -0.3 is 9.52 Å². The summed E-state index contributed by atoms with van der Waals surface area (Å²) >= 11 is 3.30. The summed E-state index contributed by atoms with van der Waals surface area (Å²) < 4.78 is 6.37. The van der Waals surface area contributed by atoms with Gasteiger partial charge in [-0.05, 0) is 42.5 Å². The summed E-state index contributed by atoms with van der Waals surface area (Å²) in [6.45, 7) is 0. The van der Waals surface area contributed by atoms with Crippen LogP contribution in [0.2, 0.25) is 0 Å². The number of hydrazine groups is 1. The van der Waals surface area contributed by atoms with Gasteiger partial charge in [-0.25, -0.2) is 5.01 Å². The summed E-state index contributed by atoms with van der Waals surface area (Å²) in [5, 5.41) is 24.1. The molecule has 1 aliphatic heterocycles. The van der Waals surface area contributed by atoms with Gasteiger partial charge in [0.2, 0.25) is 0 Å². The van der Waals surface area contributed by atoms with Crippen molar-refractivity contribution in [2.24, 2.45) is 0 Å². The molecule has 0 atom stereocenters. The van der Waals surface area contributed by atoms with Crippen LogP contribution in [0.3, 0.4) is 0 Å². The summed E-state index contributed by atoms with van der Waals surface area (Å²) in [4.78, 5) is 35.3. The van der Waals surface area contributed by atoms with Gasteiger partial charge in [0.05, 0.1) is 10.6 Å². The third kappa shape index (κ3) is 3.55. The molecule has 1 aromatic heterocycles. The van der Waals surface area contributed by atoms with E-state index >= 15 is 0 Å².